The summed E-state index contributed by atoms with van der Waals surface area (Å²) in [5, 5.41) is 0. The molecule has 0 aliphatic carbocycles. The third-order valence-corrected chi connectivity index (χ3v) is 12.2. The molecule has 0 bridgehead atoms. The molecule has 0 saturated heterocycles. The number of nitrogens with zero attached hydrogens (tertiary/aromatic N) is 3. The predicted octanol–water partition coefficient (Wildman–Crippen LogP) is 13.8. The van der Waals surface area contributed by atoms with Crippen LogP contribution in [0.1, 0.15) is 131 Å². The maximum atomic E-state index is 6.87. The Morgan fingerprint density at radius 3 is 2.12 bits per heavy atom. The van der Waals surface area contributed by atoms with Gasteiger partial charge in [0.1, 0.15) is 18.3 Å². The van der Waals surface area contributed by atoms with Crippen molar-refractivity contribution in [3.8, 4) is 22.6 Å². The van der Waals surface area contributed by atoms with E-state index in [-0.39, 0.29) is 37.4 Å². The molecule has 4 aromatic carbocycles. The van der Waals surface area contributed by atoms with Crippen LogP contribution in [-0.4, -0.2) is 23.0 Å². The molecule has 7 rings (SSSR count). The van der Waals surface area contributed by atoms with Crippen LogP contribution in [0.4, 0.5) is 17.2 Å². The Hall–Kier alpha value is -4.21. The minimum atomic E-state index is -0.281. The first-order valence-corrected chi connectivity index (χ1v) is 20.9. The fraction of sp³-hybridized carbons (Fsp3) is 0.423. The molecule has 1 atom stereocenters. The van der Waals surface area contributed by atoms with E-state index in [1.807, 2.05) is 6.20 Å². The van der Waals surface area contributed by atoms with Crippen molar-refractivity contribution in [2.24, 2.45) is 10.9 Å². The molecule has 0 radical (unpaired) electrons. The van der Waals surface area contributed by atoms with Crippen LogP contribution in [0.3, 0.4) is 0 Å². The van der Waals surface area contributed by atoms with Gasteiger partial charge >= 0.3 is 21.1 Å². The Kier molecular flexibility index (Phi) is 12.3. The molecule has 58 heavy (non-hydrogen) atoms. The molecule has 6 heteroatoms. The van der Waals surface area contributed by atoms with Crippen LogP contribution in [-0.2, 0) is 36.6 Å². The van der Waals surface area contributed by atoms with Gasteiger partial charge in [-0.1, -0.05) is 127 Å². The second-order valence-corrected chi connectivity index (χ2v) is 18.5. The van der Waals surface area contributed by atoms with Crippen molar-refractivity contribution in [1.82, 2.24) is 4.98 Å². The van der Waals surface area contributed by atoms with Crippen molar-refractivity contribution < 1.29 is 30.5 Å². The molecule has 5 nitrogen and oxygen atoms in total. The zero-order valence-electron chi connectivity index (χ0n) is 36.9. The largest absolute Gasteiger partial charge is 2.00 e. The zero-order chi connectivity index (χ0) is 41.0. The van der Waals surface area contributed by atoms with E-state index in [0.717, 1.165) is 59.6 Å². The van der Waals surface area contributed by atoms with Crippen molar-refractivity contribution in [2.45, 2.75) is 132 Å². The number of aliphatic imine (C=N–C) groups is 1. The Balaban J connectivity index is 0.00000567. The average molecular weight is 955 g/mol. The second-order valence-electron chi connectivity index (χ2n) is 18.5. The van der Waals surface area contributed by atoms with Crippen LogP contribution in [0.15, 0.2) is 71.9 Å². The van der Waals surface area contributed by atoms with E-state index in [1.165, 1.54) is 44.5 Å². The van der Waals surface area contributed by atoms with Gasteiger partial charge in [-0.15, -0.1) is 24.3 Å². The maximum absolute atomic E-state index is 6.87. The summed E-state index contributed by atoms with van der Waals surface area (Å²) in [6.07, 6.45) is 6.44. The molecule has 0 unspecified atom stereocenters. The van der Waals surface area contributed by atoms with Crippen molar-refractivity contribution in [3.05, 3.63) is 129 Å². The van der Waals surface area contributed by atoms with E-state index in [9.17, 15) is 0 Å². The molecule has 5 aromatic rings. The number of hydrogen-bond donors (Lipinski definition) is 0. The summed E-state index contributed by atoms with van der Waals surface area (Å²) in [5.41, 5.74) is 14.3. The fourth-order valence-electron chi connectivity index (χ4n) is 9.45. The molecular weight excluding hydrogens is 894 g/mol. The fourth-order valence-corrected chi connectivity index (χ4v) is 9.45. The van der Waals surface area contributed by atoms with Crippen LogP contribution in [0.2, 0.25) is 0 Å². The van der Waals surface area contributed by atoms with Crippen LogP contribution in [0.25, 0.3) is 11.1 Å². The Labute approximate surface area is 363 Å². The molecule has 2 aliphatic heterocycles. The molecule has 306 valence electrons. The quantitative estimate of drug-likeness (QED) is 0.131. The summed E-state index contributed by atoms with van der Waals surface area (Å²) in [7, 11) is 0. The number of hydrogen-bond acceptors (Lipinski definition) is 5. The third-order valence-electron chi connectivity index (χ3n) is 12.2. The van der Waals surface area contributed by atoms with Gasteiger partial charge in [-0.05, 0) is 104 Å². The van der Waals surface area contributed by atoms with Crippen LogP contribution < -0.4 is 9.64 Å². The standard InChI is InChI=1S/C52H61N3O2.Pt/c1-14-16-39(17-15-2)52(13)31-56-49(54-52)38-26-37(46-35(6)22-32(3)23-36(46)7)27-43(28-38)57-42-25-33(4)24-41(30-42)55-45-19-18-40(50(8,9)10)29-44(45)51(11,12)47-34(5)20-21-53-48(47)55;/h18-27,29,39H,14-17,31H2,1-13H3;/q-2;+2/t52-;/m0./s1. The normalized spacial score (nSPS) is 17.0. The maximum Gasteiger partial charge on any atom is 2.00 e. The van der Waals surface area contributed by atoms with Gasteiger partial charge in [-0.2, -0.15) is 5.56 Å². The van der Waals surface area contributed by atoms with E-state index < -0.39 is 0 Å². The van der Waals surface area contributed by atoms with E-state index in [4.69, 9.17) is 19.5 Å². The van der Waals surface area contributed by atoms with Crippen molar-refractivity contribution in [2.75, 3.05) is 11.5 Å². The number of fused-ring (bicyclic) bond motifs is 2. The van der Waals surface area contributed by atoms with E-state index in [1.54, 1.807) is 0 Å². The number of benzene rings is 4. The minimum absolute atomic E-state index is 0. The van der Waals surface area contributed by atoms with Gasteiger partial charge in [-0.3, -0.25) is 4.99 Å². The summed E-state index contributed by atoms with van der Waals surface area (Å²) >= 11 is 0. The first kappa shape index (κ1) is 43.4. The summed E-state index contributed by atoms with van der Waals surface area (Å²) in [6.45, 7) is 29.7. The minimum Gasteiger partial charge on any atom is -0.518 e. The molecule has 0 N–H and O–H groups in total. The monoisotopic (exact) mass is 954 g/mol. The van der Waals surface area contributed by atoms with Gasteiger partial charge in [0.15, 0.2) is 0 Å². The first-order valence-electron chi connectivity index (χ1n) is 20.9. The van der Waals surface area contributed by atoms with E-state index in [2.05, 4.69) is 168 Å². The number of aromatic nitrogens is 1. The SMILES string of the molecule is CCCC(CCC)[C@]1(C)COC(c2[c-]c(Oc3[c-]c(N4c5ccc(C(C)(C)C)cc5C(C)(C)c5c(C)ccnc54)cc(C)c3)cc(-c3c(C)cc(C)cc3C)c2)=N1.[Pt+2]. The predicted molar refractivity (Wildman–Crippen MR) is 237 cm³/mol. The molecule has 2 aliphatic rings. The van der Waals surface area contributed by atoms with Gasteiger partial charge in [-0.25, -0.2) is 4.98 Å². The molecular formula is C52H61N3O2Pt. The molecule has 0 saturated carbocycles. The molecule has 0 fully saturated rings. The van der Waals surface area contributed by atoms with Crippen LogP contribution >= 0.6 is 0 Å². The van der Waals surface area contributed by atoms with Gasteiger partial charge in [0.2, 0.25) is 0 Å². The van der Waals surface area contributed by atoms with Crippen molar-refractivity contribution in [3.63, 3.8) is 0 Å². The number of anilines is 3. The Bertz CT molecular complexity index is 2340. The smallest absolute Gasteiger partial charge is 0.518 e. The molecule has 0 spiro atoms. The van der Waals surface area contributed by atoms with Gasteiger partial charge in [0.05, 0.1) is 5.54 Å². The Morgan fingerprint density at radius 1 is 0.810 bits per heavy atom. The number of rotatable bonds is 10. The summed E-state index contributed by atoms with van der Waals surface area (Å²) in [5.74, 6) is 3.22. The Morgan fingerprint density at radius 2 is 1.47 bits per heavy atom. The summed E-state index contributed by atoms with van der Waals surface area (Å²) in [4.78, 5) is 12.6. The van der Waals surface area contributed by atoms with E-state index >= 15 is 0 Å². The number of ether oxygens (including phenoxy) is 2. The van der Waals surface area contributed by atoms with Gasteiger partial charge in [0, 0.05) is 34.4 Å². The van der Waals surface area contributed by atoms with Crippen LogP contribution in [0.5, 0.6) is 11.5 Å². The first-order chi connectivity index (χ1) is 26.9. The second kappa shape index (κ2) is 16.4. The summed E-state index contributed by atoms with van der Waals surface area (Å²) < 4.78 is 13.4. The molecule has 1 aromatic heterocycles. The van der Waals surface area contributed by atoms with E-state index in [0.29, 0.717) is 29.9 Å². The van der Waals surface area contributed by atoms with Crippen molar-refractivity contribution >= 4 is 23.1 Å². The van der Waals surface area contributed by atoms with Gasteiger partial charge in [0.25, 0.3) is 0 Å². The van der Waals surface area contributed by atoms with Crippen LogP contribution in [0, 0.1) is 52.7 Å². The number of aryl methyl sites for hydroxylation is 5. The van der Waals surface area contributed by atoms with Gasteiger partial charge < -0.3 is 14.4 Å². The third kappa shape index (κ3) is 8.18. The molecule has 0 amide bonds. The van der Waals surface area contributed by atoms with Crippen molar-refractivity contribution in [1.29, 1.82) is 0 Å². The average Bonchev–Trinajstić information content (AvgIpc) is 3.53. The number of pyridine rings is 1. The summed E-state index contributed by atoms with van der Waals surface area (Å²) in [6, 6.07) is 29.3. The molecule has 3 heterocycles. The topological polar surface area (TPSA) is 47.0 Å². The zero-order valence-corrected chi connectivity index (χ0v) is 39.2.